The Labute approximate surface area is 142 Å². The van der Waals surface area contributed by atoms with Crippen molar-refractivity contribution in [3.05, 3.63) is 34.9 Å². The molecule has 1 aromatic rings. The molecule has 1 atom stereocenters. The molecule has 2 aliphatic rings. The summed E-state index contributed by atoms with van der Waals surface area (Å²) in [5, 5.41) is 14.7. The van der Waals surface area contributed by atoms with Crippen LogP contribution in [0.2, 0.25) is 5.02 Å². The van der Waals surface area contributed by atoms with Gasteiger partial charge in [0.2, 0.25) is 0 Å². The van der Waals surface area contributed by atoms with Gasteiger partial charge in [0.15, 0.2) is 5.60 Å². The number of rotatable bonds is 6. The largest absolute Gasteiger partial charge is 0.379 e. The first-order chi connectivity index (χ1) is 11.1. The first-order valence-electron chi connectivity index (χ1n) is 8.54. The number of carbonyl (C=O) groups is 1. The lowest BCUT2D eigenvalue weighted by Crippen LogP contribution is -2.58. The number of benzene rings is 1. The van der Waals surface area contributed by atoms with Crippen molar-refractivity contribution in [1.82, 2.24) is 10.2 Å². The molecule has 2 fully saturated rings. The molecule has 23 heavy (non-hydrogen) atoms. The highest BCUT2D eigenvalue weighted by Crippen LogP contribution is 2.30. The van der Waals surface area contributed by atoms with Crippen molar-refractivity contribution in [2.75, 3.05) is 19.6 Å². The second kappa shape index (κ2) is 7.20. The Hall–Kier alpha value is -1.10. The molecule has 0 aromatic heterocycles. The smallest absolute Gasteiger partial charge is 0.255 e. The fourth-order valence-electron chi connectivity index (χ4n) is 3.45. The monoisotopic (exact) mass is 336 g/mol. The number of aliphatic hydroxyl groups is 1. The minimum absolute atomic E-state index is 0.103. The van der Waals surface area contributed by atoms with E-state index in [1.165, 1.54) is 19.3 Å². The fraction of sp³-hybridized carbons (Fsp3) is 0.611. The number of hydrogen-bond donors (Lipinski definition) is 2. The van der Waals surface area contributed by atoms with Crippen LogP contribution in [0.5, 0.6) is 0 Å². The predicted molar refractivity (Wildman–Crippen MR) is 91.3 cm³/mol. The highest BCUT2D eigenvalue weighted by molar-refractivity contribution is 6.30. The lowest BCUT2D eigenvalue weighted by Gasteiger charge is -2.41. The lowest BCUT2D eigenvalue weighted by atomic mass is 9.83. The van der Waals surface area contributed by atoms with Crippen LogP contribution in [0.25, 0.3) is 0 Å². The van der Waals surface area contributed by atoms with E-state index in [1.54, 1.807) is 0 Å². The highest BCUT2D eigenvalue weighted by atomic mass is 35.5. The van der Waals surface area contributed by atoms with Crippen LogP contribution in [0.1, 0.15) is 37.7 Å². The van der Waals surface area contributed by atoms with E-state index >= 15 is 0 Å². The van der Waals surface area contributed by atoms with Crippen LogP contribution in [0.4, 0.5) is 0 Å². The molecule has 3 rings (SSSR count). The minimum atomic E-state index is -1.26. The molecule has 0 bridgehead atoms. The maximum Gasteiger partial charge on any atom is 0.255 e. The summed E-state index contributed by atoms with van der Waals surface area (Å²) in [6.45, 7) is 2.49. The van der Waals surface area contributed by atoms with Crippen LogP contribution in [0.15, 0.2) is 24.3 Å². The van der Waals surface area contributed by atoms with Gasteiger partial charge in [-0.15, -0.1) is 0 Å². The SMILES string of the molecule is O=C1N(CC2CCC2)CCC[C@]1(O)CNCc1cccc(Cl)c1. The normalized spacial score (nSPS) is 25.5. The molecule has 1 aliphatic heterocycles. The zero-order valence-electron chi connectivity index (χ0n) is 13.4. The number of carbonyl (C=O) groups excluding carboxylic acids is 1. The molecule has 1 saturated heterocycles. The zero-order valence-corrected chi connectivity index (χ0v) is 14.2. The third-order valence-electron chi connectivity index (χ3n) is 5.04. The summed E-state index contributed by atoms with van der Waals surface area (Å²) < 4.78 is 0. The molecule has 2 N–H and O–H groups in total. The van der Waals surface area contributed by atoms with E-state index in [9.17, 15) is 9.90 Å². The van der Waals surface area contributed by atoms with E-state index in [0.717, 1.165) is 25.1 Å². The summed E-state index contributed by atoms with van der Waals surface area (Å²) in [7, 11) is 0. The lowest BCUT2D eigenvalue weighted by molar-refractivity contribution is -0.157. The van der Waals surface area contributed by atoms with Gasteiger partial charge in [-0.3, -0.25) is 4.79 Å². The van der Waals surface area contributed by atoms with Crippen molar-refractivity contribution in [1.29, 1.82) is 0 Å². The van der Waals surface area contributed by atoms with Gasteiger partial charge in [-0.1, -0.05) is 30.2 Å². The third kappa shape index (κ3) is 4.06. The van der Waals surface area contributed by atoms with Crippen molar-refractivity contribution < 1.29 is 9.90 Å². The van der Waals surface area contributed by atoms with Crippen LogP contribution in [0.3, 0.4) is 0 Å². The zero-order chi connectivity index (χ0) is 16.3. The average molecular weight is 337 g/mol. The quantitative estimate of drug-likeness (QED) is 0.839. The highest BCUT2D eigenvalue weighted by Gasteiger charge is 2.42. The van der Waals surface area contributed by atoms with Gasteiger partial charge in [0, 0.05) is 31.2 Å². The summed E-state index contributed by atoms with van der Waals surface area (Å²) in [4.78, 5) is 14.5. The summed E-state index contributed by atoms with van der Waals surface area (Å²) in [5.41, 5.74) is -0.212. The number of likely N-dealkylation sites (tertiary alicyclic amines) is 1. The predicted octanol–water partition coefficient (Wildman–Crippen LogP) is 2.58. The van der Waals surface area contributed by atoms with Gasteiger partial charge in [-0.05, 0) is 49.3 Å². The molecule has 1 aromatic carbocycles. The Balaban J connectivity index is 1.53. The molecule has 0 unspecified atom stereocenters. The minimum Gasteiger partial charge on any atom is -0.379 e. The summed E-state index contributed by atoms with van der Waals surface area (Å²) in [6.07, 6.45) is 5.12. The maximum atomic E-state index is 12.6. The number of nitrogens with one attached hydrogen (secondary N) is 1. The maximum absolute atomic E-state index is 12.6. The van der Waals surface area contributed by atoms with Gasteiger partial charge in [-0.25, -0.2) is 0 Å². The summed E-state index contributed by atoms with van der Waals surface area (Å²) in [5.74, 6) is 0.537. The second-order valence-electron chi connectivity index (χ2n) is 6.92. The first-order valence-corrected chi connectivity index (χ1v) is 8.91. The van der Waals surface area contributed by atoms with E-state index < -0.39 is 5.60 Å². The van der Waals surface area contributed by atoms with Crippen LogP contribution >= 0.6 is 11.6 Å². The van der Waals surface area contributed by atoms with Gasteiger partial charge in [0.1, 0.15) is 0 Å². The van der Waals surface area contributed by atoms with Gasteiger partial charge < -0.3 is 15.3 Å². The molecular weight excluding hydrogens is 312 g/mol. The molecule has 5 heteroatoms. The van der Waals surface area contributed by atoms with Gasteiger partial charge >= 0.3 is 0 Å². The molecule has 126 valence electrons. The molecule has 0 radical (unpaired) electrons. The Bertz CT molecular complexity index is 562. The van der Waals surface area contributed by atoms with E-state index in [0.29, 0.717) is 30.5 Å². The molecule has 4 nitrogen and oxygen atoms in total. The molecular formula is C18H25ClN2O2. The Morgan fingerprint density at radius 2 is 2.17 bits per heavy atom. The molecule has 1 amide bonds. The summed E-state index contributed by atoms with van der Waals surface area (Å²) >= 11 is 5.97. The number of amides is 1. The van der Waals surface area contributed by atoms with E-state index in [2.05, 4.69) is 5.32 Å². The average Bonchev–Trinajstić information content (AvgIpc) is 2.47. The number of halogens is 1. The Morgan fingerprint density at radius 3 is 2.87 bits per heavy atom. The molecule has 1 saturated carbocycles. The van der Waals surface area contributed by atoms with E-state index in [4.69, 9.17) is 11.6 Å². The van der Waals surface area contributed by atoms with Gasteiger partial charge in [0.25, 0.3) is 5.91 Å². The molecule has 1 heterocycles. The Morgan fingerprint density at radius 1 is 1.35 bits per heavy atom. The van der Waals surface area contributed by atoms with E-state index in [-0.39, 0.29) is 5.91 Å². The van der Waals surface area contributed by atoms with Gasteiger partial charge in [-0.2, -0.15) is 0 Å². The fourth-order valence-corrected chi connectivity index (χ4v) is 3.66. The van der Waals surface area contributed by atoms with Gasteiger partial charge in [0.05, 0.1) is 0 Å². The first kappa shape index (κ1) is 16.7. The molecule has 0 spiro atoms. The van der Waals surface area contributed by atoms with Crippen molar-refractivity contribution in [3.63, 3.8) is 0 Å². The number of nitrogens with zero attached hydrogens (tertiary/aromatic N) is 1. The van der Waals surface area contributed by atoms with Crippen molar-refractivity contribution >= 4 is 17.5 Å². The topological polar surface area (TPSA) is 52.6 Å². The number of piperidine rings is 1. The molecule has 1 aliphatic carbocycles. The van der Waals surface area contributed by atoms with Crippen molar-refractivity contribution in [3.8, 4) is 0 Å². The van der Waals surface area contributed by atoms with Crippen LogP contribution in [-0.2, 0) is 11.3 Å². The van der Waals surface area contributed by atoms with Crippen LogP contribution in [-0.4, -0.2) is 41.1 Å². The van der Waals surface area contributed by atoms with Crippen LogP contribution < -0.4 is 5.32 Å². The standard InChI is InChI=1S/C18H25ClN2O2/c19-16-7-2-6-15(10-16)11-20-13-18(23)8-3-9-21(17(18)22)12-14-4-1-5-14/h2,6-7,10,14,20,23H,1,3-5,8-9,11-13H2/t18-/m0/s1. The van der Waals surface area contributed by atoms with Crippen LogP contribution in [0, 0.1) is 5.92 Å². The van der Waals surface area contributed by atoms with Crippen molar-refractivity contribution in [2.45, 2.75) is 44.2 Å². The van der Waals surface area contributed by atoms with Crippen molar-refractivity contribution in [2.24, 2.45) is 5.92 Å². The second-order valence-corrected chi connectivity index (χ2v) is 7.35. The van der Waals surface area contributed by atoms with E-state index in [1.807, 2.05) is 29.2 Å². The summed E-state index contributed by atoms with van der Waals surface area (Å²) in [6, 6.07) is 7.61. The number of hydrogen-bond acceptors (Lipinski definition) is 3. The Kier molecular flexibility index (Phi) is 5.24. The third-order valence-corrected chi connectivity index (χ3v) is 5.28.